The van der Waals surface area contributed by atoms with Gasteiger partial charge in [0.25, 0.3) is 5.91 Å². The highest BCUT2D eigenvalue weighted by Crippen LogP contribution is 2.23. The lowest BCUT2D eigenvalue weighted by atomic mass is 10.1. The Hall–Kier alpha value is -2.14. The molecule has 2 rings (SSSR count). The Kier molecular flexibility index (Phi) is 3.66. The maximum Gasteiger partial charge on any atom is 0.257 e. The Labute approximate surface area is 113 Å². The molecule has 0 aromatic heterocycles. The fraction of sp³-hybridized carbons (Fsp3) is 0. The van der Waals surface area contributed by atoms with Crippen LogP contribution in [0.25, 0.3) is 0 Å². The van der Waals surface area contributed by atoms with Gasteiger partial charge in [-0.15, -0.1) is 0 Å². The molecule has 0 aliphatic heterocycles. The lowest BCUT2D eigenvalue weighted by molar-refractivity contribution is 0.102. The molecule has 0 spiro atoms. The van der Waals surface area contributed by atoms with Crippen LogP contribution in [0.15, 0.2) is 36.4 Å². The first-order valence-electron chi connectivity index (χ1n) is 5.29. The van der Waals surface area contributed by atoms with Gasteiger partial charge < -0.3 is 11.1 Å². The molecule has 0 radical (unpaired) electrons. The summed E-state index contributed by atoms with van der Waals surface area (Å²) in [5.41, 5.74) is 6.09. The number of anilines is 2. The molecule has 98 valence electrons. The number of hydrogen-bond donors (Lipinski definition) is 2. The summed E-state index contributed by atoms with van der Waals surface area (Å²) >= 11 is 5.79. The van der Waals surface area contributed by atoms with Crippen molar-refractivity contribution >= 4 is 28.9 Å². The van der Waals surface area contributed by atoms with E-state index in [2.05, 4.69) is 5.32 Å². The van der Waals surface area contributed by atoms with Crippen LogP contribution < -0.4 is 11.1 Å². The van der Waals surface area contributed by atoms with E-state index in [9.17, 15) is 13.6 Å². The van der Waals surface area contributed by atoms with Crippen molar-refractivity contribution in [3.63, 3.8) is 0 Å². The minimum atomic E-state index is -1.04. The monoisotopic (exact) mass is 282 g/mol. The predicted octanol–water partition coefficient (Wildman–Crippen LogP) is 3.45. The first kappa shape index (κ1) is 13.3. The Bertz CT molecular complexity index is 647. The molecule has 0 aliphatic rings. The molecule has 3 nitrogen and oxygen atoms in total. The van der Waals surface area contributed by atoms with E-state index < -0.39 is 17.5 Å². The number of hydrogen-bond acceptors (Lipinski definition) is 2. The second-order valence-electron chi connectivity index (χ2n) is 3.78. The molecule has 6 heteroatoms. The van der Waals surface area contributed by atoms with Gasteiger partial charge >= 0.3 is 0 Å². The van der Waals surface area contributed by atoms with Crippen LogP contribution in [0.3, 0.4) is 0 Å². The van der Waals surface area contributed by atoms with Crippen LogP contribution in [0.2, 0.25) is 5.02 Å². The average Bonchev–Trinajstić information content (AvgIpc) is 2.37. The van der Waals surface area contributed by atoms with E-state index in [1.165, 1.54) is 12.1 Å². The quantitative estimate of drug-likeness (QED) is 0.829. The van der Waals surface area contributed by atoms with Crippen LogP contribution in [-0.2, 0) is 0 Å². The molecule has 2 aromatic rings. The topological polar surface area (TPSA) is 55.1 Å². The molecular formula is C13H9ClF2N2O. The number of nitrogen functional groups attached to an aromatic ring is 1. The molecule has 2 aromatic carbocycles. The van der Waals surface area contributed by atoms with Crippen molar-refractivity contribution in [2.24, 2.45) is 0 Å². The van der Waals surface area contributed by atoms with Crippen LogP contribution in [-0.4, -0.2) is 5.91 Å². The van der Waals surface area contributed by atoms with Gasteiger partial charge in [-0.2, -0.15) is 0 Å². The highest BCUT2D eigenvalue weighted by Gasteiger charge is 2.12. The van der Waals surface area contributed by atoms with Crippen molar-refractivity contribution in [3.05, 3.63) is 58.6 Å². The maximum absolute atomic E-state index is 13.0. The third-order valence-corrected chi connectivity index (χ3v) is 2.80. The molecule has 1 amide bonds. The zero-order valence-electron chi connectivity index (χ0n) is 9.58. The van der Waals surface area contributed by atoms with Gasteiger partial charge in [-0.1, -0.05) is 17.7 Å². The Morgan fingerprint density at radius 1 is 1.16 bits per heavy atom. The third-order valence-electron chi connectivity index (χ3n) is 2.48. The molecule has 0 aliphatic carbocycles. The number of rotatable bonds is 2. The highest BCUT2D eigenvalue weighted by atomic mass is 35.5. The minimum Gasteiger partial charge on any atom is -0.397 e. The average molecular weight is 283 g/mol. The van der Waals surface area contributed by atoms with Crippen LogP contribution in [0.5, 0.6) is 0 Å². The fourth-order valence-corrected chi connectivity index (χ4v) is 1.68. The number of carbonyl (C=O) groups excluding carboxylic acids is 1. The number of halogens is 3. The van der Waals surface area contributed by atoms with E-state index >= 15 is 0 Å². The summed E-state index contributed by atoms with van der Waals surface area (Å²) in [5, 5.41) is 2.66. The lowest BCUT2D eigenvalue weighted by Crippen LogP contribution is -2.14. The molecule has 0 fully saturated rings. The smallest absolute Gasteiger partial charge is 0.257 e. The van der Waals surface area contributed by atoms with Crippen LogP contribution >= 0.6 is 11.6 Å². The summed E-state index contributed by atoms with van der Waals surface area (Å²) in [5.74, 6) is -2.58. The lowest BCUT2D eigenvalue weighted by Gasteiger charge is -2.08. The summed E-state index contributed by atoms with van der Waals surface area (Å²) in [6, 6.07) is 7.65. The van der Waals surface area contributed by atoms with E-state index in [1.54, 1.807) is 12.1 Å². The first-order valence-corrected chi connectivity index (χ1v) is 5.67. The van der Waals surface area contributed by atoms with Gasteiger partial charge in [0.05, 0.1) is 16.3 Å². The summed E-state index contributed by atoms with van der Waals surface area (Å²) in [6.07, 6.45) is 0. The Morgan fingerprint density at radius 2 is 1.89 bits per heavy atom. The highest BCUT2D eigenvalue weighted by molar-refractivity contribution is 6.34. The van der Waals surface area contributed by atoms with Crippen molar-refractivity contribution < 1.29 is 13.6 Å². The minimum absolute atomic E-state index is 0.128. The largest absolute Gasteiger partial charge is 0.397 e. The number of benzene rings is 2. The Balaban J connectivity index is 2.26. The summed E-state index contributed by atoms with van der Waals surface area (Å²) < 4.78 is 25.8. The van der Waals surface area contributed by atoms with Gasteiger partial charge in [0.2, 0.25) is 0 Å². The van der Waals surface area contributed by atoms with Crippen molar-refractivity contribution in [3.8, 4) is 0 Å². The number of nitrogens with two attached hydrogens (primary N) is 1. The Morgan fingerprint density at radius 3 is 2.58 bits per heavy atom. The van der Waals surface area contributed by atoms with Crippen molar-refractivity contribution in [2.45, 2.75) is 0 Å². The van der Waals surface area contributed by atoms with Gasteiger partial charge in [-0.25, -0.2) is 8.78 Å². The van der Waals surface area contributed by atoms with E-state index in [-0.39, 0.29) is 22.0 Å². The van der Waals surface area contributed by atoms with Crippen molar-refractivity contribution in [1.29, 1.82) is 0 Å². The van der Waals surface area contributed by atoms with Crippen molar-refractivity contribution in [1.82, 2.24) is 0 Å². The van der Waals surface area contributed by atoms with E-state index in [0.717, 1.165) is 12.1 Å². The number of nitrogens with one attached hydrogen (secondary N) is 1. The number of carbonyl (C=O) groups is 1. The second kappa shape index (κ2) is 5.24. The fourth-order valence-electron chi connectivity index (χ4n) is 1.51. The number of para-hydroxylation sites is 1. The van der Waals surface area contributed by atoms with E-state index in [0.29, 0.717) is 0 Å². The zero-order valence-corrected chi connectivity index (χ0v) is 10.3. The molecule has 0 heterocycles. The molecule has 0 bridgehead atoms. The van der Waals surface area contributed by atoms with E-state index in [1.807, 2.05) is 0 Å². The standard InChI is InChI=1S/C13H9ClF2N2O/c14-9-3-1-2-8(12(9)17)13(19)18-7-4-5-10(15)11(16)6-7/h1-6H,17H2,(H,18,19). The molecule has 0 saturated carbocycles. The first-order chi connectivity index (χ1) is 8.99. The van der Waals surface area contributed by atoms with Crippen LogP contribution in [0.4, 0.5) is 20.2 Å². The molecule has 0 atom stereocenters. The van der Waals surface area contributed by atoms with Crippen LogP contribution in [0, 0.1) is 11.6 Å². The summed E-state index contributed by atoms with van der Waals surface area (Å²) in [6.45, 7) is 0. The van der Waals surface area contributed by atoms with Crippen LogP contribution in [0.1, 0.15) is 10.4 Å². The van der Waals surface area contributed by atoms with Gasteiger partial charge in [-0.05, 0) is 24.3 Å². The van der Waals surface area contributed by atoms with Gasteiger partial charge in [0.1, 0.15) is 0 Å². The molecule has 0 unspecified atom stereocenters. The second-order valence-corrected chi connectivity index (χ2v) is 4.19. The SMILES string of the molecule is Nc1c(Cl)cccc1C(=O)Nc1ccc(F)c(F)c1. The third kappa shape index (κ3) is 2.82. The molecule has 3 N–H and O–H groups in total. The predicted molar refractivity (Wildman–Crippen MR) is 70.2 cm³/mol. The maximum atomic E-state index is 13.0. The summed E-state index contributed by atoms with van der Waals surface area (Å²) in [7, 11) is 0. The van der Waals surface area contributed by atoms with Gasteiger partial charge in [-0.3, -0.25) is 4.79 Å². The van der Waals surface area contributed by atoms with Gasteiger partial charge in [0.15, 0.2) is 11.6 Å². The van der Waals surface area contributed by atoms with E-state index in [4.69, 9.17) is 17.3 Å². The summed E-state index contributed by atoms with van der Waals surface area (Å²) in [4.78, 5) is 11.9. The zero-order chi connectivity index (χ0) is 14.0. The molecular weight excluding hydrogens is 274 g/mol. The molecule has 19 heavy (non-hydrogen) atoms. The molecule has 0 saturated heterocycles. The van der Waals surface area contributed by atoms with Gasteiger partial charge in [0, 0.05) is 11.8 Å². The van der Waals surface area contributed by atoms with Crippen molar-refractivity contribution in [2.75, 3.05) is 11.1 Å². The normalized spacial score (nSPS) is 10.3. The number of amides is 1.